The van der Waals surface area contributed by atoms with Crippen LogP contribution in [0.5, 0.6) is 0 Å². The molecule has 2 unspecified atom stereocenters. The van der Waals surface area contributed by atoms with Gasteiger partial charge >= 0.3 is 0 Å². The molecule has 2 atom stereocenters. The van der Waals surface area contributed by atoms with Gasteiger partial charge in [-0.05, 0) is 53.7 Å². The molecule has 1 aliphatic carbocycles. The van der Waals surface area contributed by atoms with Gasteiger partial charge in [0.25, 0.3) is 0 Å². The molecule has 1 aromatic carbocycles. The van der Waals surface area contributed by atoms with Crippen LogP contribution >= 0.6 is 0 Å². The van der Waals surface area contributed by atoms with Crippen LogP contribution in [0, 0.1) is 11.3 Å². The van der Waals surface area contributed by atoms with E-state index in [1.807, 2.05) is 0 Å². The molecule has 1 aliphatic rings. The van der Waals surface area contributed by atoms with Crippen LogP contribution in [0.2, 0.25) is 0 Å². The minimum Gasteiger partial charge on any atom is -0.382 e. The lowest BCUT2D eigenvalue weighted by molar-refractivity contribution is 0.178. The normalized spacial score (nSPS) is 26.3. The van der Waals surface area contributed by atoms with Crippen LogP contribution in [-0.4, -0.2) is 6.04 Å². The van der Waals surface area contributed by atoms with Gasteiger partial charge < -0.3 is 5.32 Å². The summed E-state index contributed by atoms with van der Waals surface area (Å²) in [5, 5.41) is 3.75. The maximum atomic E-state index is 3.75. The molecule has 0 radical (unpaired) electrons. The maximum absolute atomic E-state index is 3.75. The second-order valence-electron chi connectivity index (χ2n) is 8.58. The second-order valence-corrected chi connectivity index (χ2v) is 8.58. The van der Waals surface area contributed by atoms with Crippen molar-refractivity contribution in [1.29, 1.82) is 0 Å². The van der Waals surface area contributed by atoms with Crippen molar-refractivity contribution in [1.82, 2.24) is 0 Å². The molecule has 1 saturated carbocycles. The first-order valence-electron chi connectivity index (χ1n) is 8.03. The number of hydrogen-bond donors (Lipinski definition) is 1. The van der Waals surface area contributed by atoms with E-state index in [4.69, 9.17) is 0 Å². The standard InChI is InChI=1S/C19H31N/c1-14-11-17(13-19(5,6)12-14)20-16-9-7-15(8-10-16)18(2,3)4/h7-10,14,17,20H,11-13H2,1-6H3. The van der Waals surface area contributed by atoms with Gasteiger partial charge in [0.05, 0.1) is 0 Å². The summed E-state index contributed by atoms with van der Waals surface area (Å²) in [6, 6.07) is 9.63. The number of anilines is 1. The highest BCUT2D eigenvalue weighted by atomic mass is 14.9. The molecule has 1 nitrogen and oxygen atoms in total. The highest BCUT2D eigenvalue weighted by Crippen LogP contribution is 2.39. The Hall–Kier alpha value is -0.980. The molecule has 20 heavy (non-hydrogen) atoms. The van der Waals surface area contributed by atoms with E-state index in [-0.39, 0.29) is 5.41 Å². The lowest BCUT2D eigenvalue weighted by Crippen LogP contribution is -2.35. The van der Waals surface area contributed by atoms with Crippen LogP contribution in [0.4, 0.5) is 5.69 Å². The van der Waals surface area contributed by atoms with Gasteiger partial charge in [-0.15, -0.1) is 0 Å². The van der Waals surface area contributed by atoms with Crippen LogP contribution in [-0.2, 0) is 5.41 Å². The van der Waals surface area contributed by atoms with Gasteiger partial charge in [0.1, 0.15) is 0 Å². The Balaban J connectivity index is 2.03. The third-order valence-corrected chi connectivity index (χ3v) is 4.51. The number of hydrogen-bond acceptors (Lipinski definition) is 1. The first-order valence-corrected chi connectivity index (χ1v) is 8.03. The number of nitrogens with one attached hydrogen (secondary N) is 1. The zero-order valence-corrected chi connectivity index (χ0v) is 14.1. The molecule has 0 bridgehead atoms. The van der Waals surface area contributed by atoms with E-state index in [1.165, 1.54) is 30.5 Å². The Labute approximate surface area is 125 Å². The summed E-state index contributed by atoms with van der Waals surface area (Å²) in [7, 11) is 0. The maximum Gasteiger partial charge on any atom is 0.0342 e. The summed E-state index contributed by atoms with van der Waals surface area (Å²) in [4.78, 5) is 0. The Bertz CT molecular complexity index is 436. The Morgan fingerprint density at radius 2 is 1.65 bits per heavy atom. The number of rotatable bonds is 2. The van der Waals surface area contributed by atoms with Crippen molar-refractivity contribution in [2.24, 2.45) is 11.3 Å². The Morgan fingerprint density at radius 3 is 2.15 bits per heavy atom. The predicted molar refractivity (Wildman–Crippen MR) is 89.3 cm³/mol. The molecular formula is C19H31N. The first-order chi connectivity index (χ1) is 9.16. The van der Waals surface area contributed by atoms with Crippen LogP contribution in [0.15, 0.2) is 24.3 Å². The summed E-state index contributed by atoms with van der Waals surface area (Å²) >= 11 is 0. The molecule has 1 fully saturated rings. The van der Waals surface area contributed by atoms with E-state index in [0.717, 1.165) is 5.92 Å². The average molecular weight is 273 g/mol. The summed E-state index contributed by atoms with van der Waals surface area (Å²) in [6.07, 6.45) is 3.93. The van der Waals surface area contributed by atoms with Crippen molar-refractivity contribution in [3.63, 3.8) is 0 Å². The van der Waals surface area contributed by atoms with Crippen molar-refractivity contribution < 1.29 is 0 Å². The summed E-state index contributed by atoms with van der Waals surface area (Å²) in [6.45, 7) is 14.0. The van der Waals surface area contributed by atoms with Gasteiger partial charge in [-0.1, -0.05) is 53.7 Å². The van der Waals surface area contributed by atoms with Crippen molar-refractivity contribution in [2.75, 3.05) is 5.32 Å². The monoisotopic (exact) mass is 273 g/mol. The molecule has 0 aliphatic heterocycles. The molecule has 0 amide bonds. The quantitative estimate of drug-likeness (QED) is 0.738. The van der Waals surface area contributed by atoms with Gasteiger partial charge in [0, 0.05) is 11.7 Å². The van der Waals surface area contributed by atoms with Crippen molar-refractivity contribution in [3.05, 3.63) is 29.8 Å². The van der Waals surface area contributed by atoms with E-state index in [1.54, 1.807) is 0 Å². The van der Waals surface area contributed by atoms with Gasteiger partial charge in [0.15, 0.2) is 0 Å². The third kappa shape index (κ3) is 4.01. The van der Waals surface area contributed by atoms with Crippen LogP contribution in [0.3, 0.4) is 0 Å². The van der Waals surface area contributed by atoms with Crippen LogP contribution < -0.4 is 5.32 Å². The third-order valence-electron chi connectivity index (χ3n) is 4.51. The molecule has 2 rings (SSSR count). The molecule has 0 spiro atoms. The van der Waals surface area contributed by atoms with E-state index in [9.17, 15) is 0 Å². The number of benzene rings is 1. The molecule has 0 saturated heterocycles. The average Bonchev–Trinajstić information content (AvgIpc) is 2.25. The lowest BCUT2D eigenvalue weighted by Gasteiger charge is -2.39. The van der Waals surface area contributed by atoms with Crippen molar-refractivity contribution >= 4 is 5.69 Å². The van der Waals surface area contributed by atoms with E-state index in [0.29, 0.717) is 11.5 Å². The fourth-order valence-electron chi connectivity index (χ4n) is 3.76. The van der Waals surface area contributed by atoms with Gasteiger partial charge in [0.2, 0.25) is 0 Å². The molecular weight excluding hydrogens is 242 g/mol. The minimum atomic E-state index is 0.236. The smallest absolute Gasteiger partial charge is 0.0342 e. The fraction of sp³-hybridized carbons (Fsp3) is 0.684. The Kier molecular flexibility index (Phi) is 4.18. The Morgan fingerprint density at radius 1 is 1.05 bits per heavy atom. The SMILES string of the molecule is CC1CC(Nc2ccc(C(C)(C)C)cc2)CC(C)(C)C1. The van der Waals surface area contributed by atoms with Gasteiger partial charge in [-0.2, -0.15) is 0 Å². The first kappa shape index (κ1) is 15.4. The highest BCUT2D eigenvalue weighted by molar-refractivity contribution is 5.46. The molecule has 1 heteroatoms. The van der Waals surface area contributed by atoms with E-state index in [2.05, 4.69) is 71.1 Å². The molecule has 0 heterocycles. The second kappa shape index (κ2) is 5.42. The van der Waals surface area contributed by atoms with E-state index >= 15 is 0 Å². The molecule has 0 aromatic heterocycles. The van der Waals surface area contributed by atoms with Crippen molar-refractivity contribution in [3.8, 4) is 0 Å². The summed E-state index contributed by atoms with van der Waals surface area (Å²) in [5.41, 5.74) is 3.38. The van der Waals surface area contributed by atoms with E-state index < -0.39 is 0 Å². The largest absolute Gasteiger partial charge is 0.382 e. The molecule has 1 N–H and O–H groups in total. The fourth-order valence-corrected chi connectivity index (χ4v) is 3.76. The zero-order chi connectivity index (χ0) is 15.0. The van der Waals surface area contributed by atoms with Crippen LogP contribution in [0.1, 0.15) is 66.4 Å². The highest BCUT2D eigenvalue weighted by Gasteiger charge is 2.31. The summed E-state index contributed by atoms with van der Waals surface area (Å²) < 4.78 is 0. The van der Waals surface area contributed by atoms with Crippen molar-refractivity contribution in [2.45, 2.75) is 72.3 Å². The minimum absolute atomic E-state index is 0.236. The van der Waals surface area contributed by atoms with Gasteiger partial charge in [-0.25, -0.2) is 0 Å². The topological polar surface area (TPSA) is 12.0 Å². The molecule has 112 valence electrons. The lowest BCUT2D eigenvalue weighted by atomic mass is 9.70. The van der Waals surface area contributed by atoms with Gasteiger partial charge in [-0.3, -0.25) is 0 Å². The zero-order valence-electron chi connectivity index (χ0n) is 14.1. The van der Waals surface area contributed by atoms with Crippen LogP contribution in [0.25, 0.3) is 0 Å². The predicted octanol–water partition coefficient (Wildman–Crippen LogP) is 5.61. The summed E-state index contributed by atoms with van der Waals surface area (Å²) in [5.74, 6) is 0.824. The molecule has 1 aromatic rings.